The monoisotopic (exact) mass is 309 g/mol. The first-order valence-electron chi connectivity index (χ1n) is 6.71. The van der Waals surface area contributed by atoms with E-state index in [1.165, 1.54) is 19.3 Å². The topological polar surface area (TPSA) is 39.4 Å². The second kappa shape index (κ2) is 5.24. The molecule has 0 aromatic carbocycles. The molecule has 116 valence electrons. The minimum atomic E-state index is -4.39. The molecule has 4 nitrogen and oxygen atoms in total. The van der Waals surface area contributed by atoms with Gasteiger partial charge in [-0.1, -0.05) is 18.2 Å². The van der Waals surface area contributed by atoms with Gasteiger partial charge in [-0.15, -0.1) is 0 Å². The average molecular weight is 309 g/mol. The van der Waals surface area contributed by atoms with Crippen molar-refractivity contribution in [1.82, 2.24) is 14.6 Å². The fourth-order valence-corrected chi connectivity index (χ4v) is 2.54. The van der Waals surface area contributed by atoms with Gasteiger partial charge in [0.05, 0.1) is 35.2 Å². The van der Waals surface area contributed by atoms with Gasteiger partial charge >= 0.3 is 6.18 Å². The lowest BCUT2D eigenvalue weighted by Crippen LogP contribution is -2.25. The van der Waals surface area contributed by atoms with Crippen LogP contribution in [-0.2, 0) is 4.74 Å². The van der Waals surface area contributed by atoms with Crippen molar-refractivity contribution >= 4 is 5.65 Å². The first-order valence-corrected chi connectivity index (χ1v) is 6.71. The predicted octanol–water partition coefficient (Wildman–Crippen LogP) is 3.19. The van der Waals surface area contributed by atoms with E-state index in [1.807, 2.05) is 6.92 Å². The molecule has 1 aliphatic carbocycles. The largest absolute Gasteiger partial charge is 0.416 e. The summed E-state index contributed by atoms with van der Waals surface area (Å²) in [6.45, 7) is 1.81. The molecule has 1 aliphatic rings. The standard InChI is InChI=1S/C15H14F3N3O/c1-9-3-6-14-19-8-12(21(14)20-9)11-7-10(15(16,17)18)4-5-13(11)22-2/h3-8,11,13H,1-2H3. The lowest BCUT2D eigenvalue weighted by molar-refractivity contribution is -0.0891. The van der Waals surface area contributed by atoms with Gasteiger partial charge in [0, 0.05) is 7.11 Å². The Morgan fingerprint density at radius 3 is 2.73 bits per heavy atom. The second-order valence-corrected chi connectivity index (χ2v) is 5.13. The molecule has 3 rings (SSSR count). The smallest absolute Gasteiger partial charge is 0.376 e. The minimum Gasteiger partial charge on any atom is -0.376 e. The van der Waals surface area contributed by atoms with E-state index in [2.05, 4.69) is 10.1 Å². The molecule has 2 aromatic rings. The normalized spacial score (nSPS) is 22.1. The molecule has 0 N–H and O–H groups in total. The Morgan fingerprint density at radius 1 is 1.27 bits per heavy atom. The van der Waals surface area contributed by atoms with Gasteiger partial charge in [-0.3, -0.25) is 0 Å². The van der Waals surface area contributed by atoms with Crippen LogP contribution < -0.4 is 0 Å². The number of ether oxygens (including phenoxy) is 1. The van der Waals surface area contributed by atoms with Crippen LogP contribution >= 0.6 is 0 Å². The molecule has 0 amide bonds. The Kier molecular flexibility index (Phi) is 3.52. The van der Waals surface area contributed by atoms with E-state index in [-0.39, 0.29) is 0 Å². The lowest BCUT2D eigenvalue weighted by atomic mass is 9.90. The second-order valence-electron chi connectivity index (χ2n) is 5.13. The SMILES string of the molecule is COC1C=CC(C(F)(F)F)=CC1c1cnc2ccc(C)nn12. The maximum absolute atomic E-state index is 13.0. The van der Waals surface area contributed by atoms with Gasteiger partial charge in [0.2, 0.25) is 0 Å². The molecule has 2 atom stereocenters. The molecule has 7 heteroatoms. The number of fused-ring (bicyclic) bond motifs is 1. The van der Waals surface area contributed by atoms with Crippen LogP contribution in [0.3, 0.4) is 0 Å². The molecular weight excluding hydrogens is 295 g/mol. The van der Waals surface area contributed by atoms with Gasteiger partial charge < -0.3 is 4.74 Å². The van der Waals surface area contributed by atoms with Gasteiger partial charge in [0.1, 0.15) is 0 Å². The Bertz CT molecular complexity index is 761. The zero-order valence-electron chi connectivity index (χ0n) is 12.0. The number of allylic oxidation sites excluding steroid dienone is 2. The third kappa shape index (κ3) is 2.52. The van der Waals surface area contributed by atoms with Crippen molar-refractivity contribution in [3.05, 3.63) is 53.5 Å². The summed E-state index contributed by atoms with van der Waals surface area (Å²) in [4.78, 5) is 4.20. The molecular formula is C15H14F3N3O. The summed E-state index contributed by atoms with van der Waals surface area (Å²) >= 11 is 0. The Labute approximate surface area is 124 Å². The van der Waals surface area contributed by atoms with E-state index in [0.717, 1.165) is 11.8 Å². The molecule has 22 heavy (non-hydrogen) atoms. The molecule has 0 aliphatic heterocycles. The van der Waals surface area contributed by atoms with Crippen molar-refractivity contribution < 1.29 is 17.9 Å². The number of aryl methyl sites for hydroxylation is 1. The fraction of sp³-hybridized carbons (Fsp3) is 0.333. The highest BCUT2D eigenvalue weighted by Crippen LogP contribution is 2.36. The zero-order chi connectivity index (χ0) is 15.9. The van der Waals surface area contributed by atoms with Gasteiger partial charge in [0.25, 0.3) is 0 Å². The summed E-state index contributed by atoms with van der Waals surface area (Å²) in [7, 11) is 1.47. The van der Waals surface area contributed by atoms with Crippen molar-refractivity contribution in [3.63, 3.8) is 0 Å². The molecule has 2 heterocycles. The van der Waals surface area contributed by atoms with Gasteiger partial charge in [0.15, 0.2) is 5.65 Å². The Hall–Kier alpha value is -2.15. The number of hydrogen-bond acceptors (Lipinski definition) is 3. The van der Waals surface area contributed by atoms with Gasteiger partial charge in [-0.25, -0.2) is 9.50 Å². The number of halogens is 3. The first-order chi connectivity index (χ1) is 10.4. The van der Waals surface area contributed by atoms with Crippen LogP contribution in [0.5, 0.6) is 0 Å². The summed E-state index contributed by atoms with van der Waals surface area (Å²) in [5.74, 6) is -0.601. The maximum Gasteiger partial charge on any atom is 0.416 e. The molecule has 2 aromatic heterocycles. The average Bonchev–Trinajstić information content (AvgIpc) is 2.88. The predicted molar refractivity (Wildman–Crippen MR) is 74.5 cm³/mol. The molecule has 2 unspecified atom stereocenters. The molecule has 0 fully saturated rings. The van der Waals surface area contributed by atoms with Crippen LogP contribution in [0.1, 0.15) is 17.3 Å². The van der Waals surface area contributed by atoms with Crippen molar-refractivity contribution in [2.75, 3.05) is 7.11 Å². The lowest BCUT2D eigenvalue weighted by Gasteiger charge is -2.25. The first kappa shape index (κ1) is 14.8. The number of hydrogen-bond donors (Lipinski definition) is 0. The van der Waals surface area contributed by atoms with Gasteiger partial charge in [-0.05, 0) is 19.1 Å². The summed E-state index contributed by atoms with van der Waals surface area (Å²) in [6, 6.07) is 3.58. The summed E-state index contributed by atoms with van der Waals surface area (Å²) in [6.07, 6.45) is 0.296. The highest BCUT2D eigenvalue weighted by atomic mass is 19.4. The molecule has 0 bridgehead atoms. The molecule has 0 radical (unpaired) electrons. The van der Waals surface area contributed by atoms with E-state index in [4.69, 9.17) is 4.74 Å². The van der Waals surface area contributed by atoms with Crippen molar-refractivity contribution in [1.29, 1.82) is 0 Å². The van der Waals surface area contributed by atoms with E-state index in [0.29, 0.717) is 11.3 Å². The van der Waals surface area contributed by atoms with E-state index in [9.17, 15) is 13.2 Å². The van der Waals surface area contributed by atoms with Crippen LogP contribution in [0.15, 0.2) is 42.1 Å². The number of alkyl halides is 3. The van der Waals surface area contributed by atoms with Crippen LogP contribution in [0.2, 0.25) is 0 Å². The quantitative estimate of drug-likeness (QED) is 0.855. The highest BCUT2D eigenvalue weighted by Gasteiger charge is 2.37. The number of imidazole rings is 1. The summed E-state index contributed by atoms with van der Waals surface area (Å²) in [5, 5.41) is 4.33. The van der Waals surface area contributed by atoms with Gasteiger partial charge in [-0.2, -0.15) is 18.3 Å². The third-order valence-corrected chi connectivity index (χ3v) is 3.64. The summed E-state index contributed by atoms with van der Waals surface area (Å²) < 4.78 is 45.8. The number of methoxy groups -OCH3 is 1. The van der Waals surface area contributed by atoms with Crippen LogP contribution in [0, 0.1) is 6.92 Å². The fourth-order valence-electron chi connectivity index (χ4n) is 2.54. The number of nitrogens with zero attached hydrogens (tertiary/aromatic N) is 3. The zero-order valence-corrected chi connectivity index (χ0v) is 12.0. The Morgan fingerprint density at radius 2 is 2.05 bits per heavy atom. The van der Waals surface area contributed by atoms with E-state index in [1.54, 1.807) is 22.8 Å². The van der Waals surface area contributed by atoms with E-state index >= 15 is 0 Å². The molecule has 0 saturated carbocycles. The minimum absolute atomic E-state index is 0.492. The molecule has 0 saturated heterocycles. The Balaban J connectivity index is 2.11. The third-order valence-electron chi connectivity index (χ3n) is 3.64. The number of aromatic nitrogens is 3. The van der Waals surface area contributed by atoms with Crippen LogP contribution in [-0.4, -0.2) is 34.0 Å². The van der Waals surface area contributed by atoms with Crippen LogP contribution in [0.25, 0.3) is 5.65 Å². The summed E-state index contributed by atoms with van der Waals surface area (Å²) in [5.41, 5.74) is 1.23. The maximum atomic E-state index is 13.0. The molecule has 0 spiro atoms. The van der Waals surface area contributed by atoms with Crippen molar-refractivity contribution in [2.45, 2.75) is 25.1 Å². The number of rotatable bonds is 2. The van der Waals surface area contributed by atoms with Crippen molar-refractivity contribution in [3.8, 4) is 0 Å². The van der Waals surface area contributed by atoms with Crippen LogP contribution in [0.4, 0.5) is 13.2 Å². The van der Waals surface area contributed by atoms with Crippen molar-refractivity contribution in [2.24, 2.45) is 0 Å². The highest BCUT2D eigenvalue weighted by molar-refractivity contribution is 5.43. The van der Waals surface area contributed by atoms with E-state index < -0.39 is 23.8 Å².